The largest absolute Gasteiger partial charge is 0.462 e. The average Bonchev–Trinajstić information content (AvgIpc) is 2.98. The summed E-state index contributed by atoms with van der Waals surface area (Å²) in [6, 6.07) is 8.67. The number of fused-ring (bicyclic) bond motifs is 1. The van der Waals surface area contributed by atoms with E-state index >= 15 is 0 Å². The lowest BCUT2D eigenvalue weighted by molar-refractivity contribution is 0.0526. The second-order valence-electron chi connectivity index (χ2n) is 5.01. The Balaban J connectivity index is 1.82. The first-order valence-corrected chi connectivity index (χ1v) is 8.51. The van der Waals surface area contributed by atoms with Gasteiger partial charge in [0.1, 0.15) is 5.82 Å². The SMILES string of the molecule is CCOC(=O)c1ccc2nc(NC(=O)c3ccc(F)c(Cl)c3)sc2c1. The van der Waals surface area contributed by atoms with Crippen LogP contribution in [0.5, 0.6) is 0 Å². The molecule has 0 atom stereocenters. The number of nitrogens with zero attached hydrogens (tertiary/aromatic N) is 1. The van der Waals surface area contributed by atoms with Crippen molar-refractivity contribution < 1.29 is 18.7 Å². The highest BCUT2D eigenvalue weighted by atomic mass is 35.5. The van der Waals surface area contributed by atoms with Gasteiger partial charge >= 0.3 is 5.97 Å². The Bertz CT molecular complexity index is 974. The maximum Gasteiger partial charge on any atom is 0.338 e. The number of amides is 1. The Morgan fingerprint density at radius 3 is 2.72 bits per heavy atom. The number of nitrogens with one attached hydrogen (secondary N) is 1. The third kappa shape index (κ3) is 3.78. The van der Waals surface area contributed by atoms with E-state index in [0.717, 1.165) is 10.8 Å². The summed E-state index contributed by atoms with van der Waals surface area (Å²) < 4.78 is 18.9. The van der Waals surface area contributed by atoms with E-state index < -0.39 is 17.7 Å². The molecule has 3 rings (SSSR count). The van der Waals surface area contributed by atoms with E-state index in [4.69, 9.17) is 16.3 Å². The van der Waals surface area contributed by atoms with Gasteiger partial charge in [-0.25, -0.2) is 14.2 Å². The molecular formula is C17H12ClFN2O3S. The number of anilines is 1. The van der Waals surface area contributed by atoms with Crippen molar-refractivity contribution in [2.75, 3.05) is 11.9 Å². The zero-order valence-corrected chi connectivity index (χ0v) is 14.6. The number of hydrogen-bond acceptors (Lipinski definition) is 5. The molecule has 128 valence electrons. The second kappa shape index (κ2) is 7.16. The van der Waals surface area contributed by atoms with Gasteiger partial charge in [-0.2, -0.15) is 0 Å². The normalized spacial score (nSPS) is 10.7. The van der Waals surface area contributed by atoms with Gasteiger partial charge in [-0.05, 0) is 43.3 Å². The van der Waals surface area contributed by atoms with Crippen molar-refractivity contribution in [3.8, 4) is 0 Å². The Hall–Kier alpha value is -2.51. The molecule has 0 bridgehead atoms. The molecule has 1 aromatic heterocycles. The van der Waals surface area contributed by atoms with Gasteiger partial charge in [0.05, 0.1) is 27.4 Å². The summed E-state index contributed by atoms with van der Waals surface area (Å²) in [4.78, 5) is 28.3. The van der Waals surface area contributed by atoms with E-state index in [1.165, 1.54) is 23.5 Å². The van der Waals surface area contributed by atoms with Gasteiger partial charge in [0.2, 0.25) is 0 Å². The predicted molar refractivity (Wildman–Crippen MR) is 94.9 cm³/mol. The molecule has 2 aromatic carbocycles. The van der Waals surface area contributed by atoms with Crippen LogP contribution in [-0.4, -0.2) is 23.5 Å². The van der Waals surface area contributed by atoms with E-state index in [1.54, 1.807) is 25.1 Å². The molecule has 0 aliphatic rings. The van der Waals surface area contributed by atoms with Crippen molar-refractivity contribution in [2.24, 2.45) is 0 Å². The minimum atomic E-state index is -0.593. The number of carbonyl (C=O) groups excluding carboxylic acids is 2. The maximum absolute atomic E-state index is 13.2. The van der Waals surface area contributed by atoms with Crippen LogP contribution in [0.15, 0.2) is 36.4 Å². The lowest BCUT2D eigenvalue weighted by atomic mass is 10.2. The van der Waals surface area contributed by atoms with Gasteiger partial charge in [0.15, 0.2) is 5.13 Å². The molecule has 0 aliphatic carbocycles. The van der Waals surface area contributed by atoms with E-state index in [0.29, 0.717) is 22.8 Å². The van der Waals surface area contributed by atoms with Crippen LogP contribution >= 0.6 is 22.9 Å². The number of hydrogen-bond donors (Lipinski definition) is 1. The molecule has 0 unspecified atom stereocenters. The Labute approximate surface area is 151 Å². The quantitative estimate of drug-likeness (QED) is 0.678. The molecule has 1 heterocycles. The zero-order chi connectivity index (χ0) is 18.0. The molecule has 1 N–H and O–H groups in total. The summed E-state index contributed by atoms with van der Waals surface area (Å²) in [5.74, 6) is -1.46. The molecule has 3 aromatic rings. The van der Waals surface area contributed by atoms with Crippen LogP contribution in [0.4, 0.5) is 9.52 Å². The summed E-state index contributed by atoms with van der Waals surface area (Å²) in [7, 11) is 0. The number of esters is 1. The number of carbonyl (C=O) groups is 2. The summed E-state index contributed by atoms with van der Waals surface area (Å²) >= 11 is 6.91. The lowest BCUT2D eigenvalue weighted by Gasteiger charge is -2.02. The van der Waals surface area contributed by atoms with Gasteiger partial charge in [-0.1, -0.05) is 22.9 Å². The molecule has 0 saturated carbocycles. The maximum atomic E-state index is 13.2. The van der Waals surface area contributed by atoms with E-state index in [1.807, 2.05) is 0 Å². The van der Waals surface area contributed by atoms with Crippen LogP contribution in [0.3, 0.4) is 0 Å². The first kappa shape index (κ1) is 17.3. The van der Waals surface area contributed by atoms with Crippen molar-refractivity contribution in [2.45, 2.75) is 6.92 Å². The van der Waals surface area contributed by atoms with Crippen LogP contribution in [0.1, 0.15) is 27.6 Å². The van der Waals surface area contributed by atoms with Gasteiger partial charge in [-0.3, -0.25) is 10.1 Å². The fourth-order valence-electron chi connectivity index (χ4n) is 2.13. The number of rotatable bonds is 4. The first-order valence-electron chi connectivity index (χ1n) is 7.32. The number of benzene rings is 2. The third-order valence-electron chi connectivity index (χ3n) is 3.30. The highest BCUT2D eigenvalue weighted by Gasteiger charge is 2.13. The van der Waals surface area contributed by atoms with Crippen molar-refractivity contribution in [1.29, 1.82) is 0 Å². The molecular weight excluding hydrogens is 367 g/mol. The zero-order valence-electron chi connectivity index (χ0n) is 13.0. The van der Waals surface area contributed by atoms with Crippen LogP contribution in [0.25, 0.3) is 10.2 Å². The summed E-state index contributed by atoms with van der Waals surface area (Å²) in [6.45, 7) is 2.03. The molecule has 8 heteroatoms. The van der Waals surface area contributed by atoms with E-state index in [9.17, 15) is 14.0 Å². The smallest absolute Gasteiger partial charge is 0.338 e. The molecule has 0 saturated heterocycles. The first-order chi connectivity index (χ1) is 12.0. The number of ether oxygens (including phenoxy) is 1. The lowest BCUT2D eigenvalue weighted by Crippen LogP contribution is -2.11. The van der Waals surface area contributed by atoms with Gasteiger partial charge in [0.25, 0.3) is 5.91 Å². The van der Waals surface area contributed by atoms with Crippen LogP contribution in [0.2, 0.25) is 5.02 Å². The van der Waals surface area contributed by atoms with Gasteiger partial charge in [-0.15, -0.1) is 0 Å². The minimum Gasteiger partial charge on any atom is -0.462 e. The molecule has 0 fully saturated rings. The van der Waals surface area contributed by atoms with Crippen molar-refractivity contribution in [3.63, 3.8) is 0 Å². The second-order valence-corrected chi connectivity index (χ2v) is 6.44. The van der Waals surface area contributed by atoms with Gasteiger partial charge < -0.3 is 4.74 Å². The highest BCUT2D eigenvalue weighted by molar-refractivity contribution is 7.22. The number of aromatic nitrogens is 1. The summed E-state index contributed by atoms with van der Waals surface area (Å²) in [6.07, 6.45) is 0. The number of halogens is 2. The number of thiazole rings is 1. The van der Waals surface area contributed by atoms with E-state index in [2.05, 4.69) is 10.3 Å². The molecule has 0 radical (unpaired) electrons. The van der Waals surface area contributed by atoms with Crippen LogP contribution < -0.4 is 5.32 Å². The molecule has 0 spiro atoms. The molecule has 1 amide bonds. The Morgan fingerprint density at radius 1 is 1.24 bits per heavy atom. The fourth-order valence-corrected chi connectivity index (χ4v) is 3.21. The summed E-state index contributed by atoms with van der Waals surface area (Å²) in [5.41, 5.74) is 1.28. The topological polar surface area (TPSA) is 68.3 Å². The molecule has 25 heavy (non-hydrogen) atoms. The minimum absolute atomic E-state index is 0.129. The summed E-state index contributed by atoms with van der Waals surface area (Å²) in [5, 5.41) is 2.87. The van der Waals surface area contributed by atoms with Crippen molar-refractivity contribution >= 4 is 50.2 Å². The Morgan fingerprint density at radius 2 is 2.00 bits per heavy atom. The average molecular weight is 379 g/mol. The van der Waals surface area contributed by atoms with Crippen LogP contribution in [0, 0.1) is 5.82 Å². The monoisotopic (exact) mass is 378 g/mol. The van der Waals surface area contributed by atoms with Crippen molar-refractivity contribution in [1.82, 2.24) is 4.98 Å². The molecule has 5 nitrogen and oxygen atoms in total. The highest BCUT2D eigenvalue weighted by Crippen LogP contribution is 2.27. The third-order valence-corrected chi connectivity index (χ3v) is 4.53. The Kier molecular flexibility index (Phi) is 4.96. The molecule has 0 aliphatic heterocycles. The van der Waals surface area contributed by atoms with Crippen molar-refractivity contribution in [3.05, 3.63) is 58.4 Å². The van der Waals surface area contributed by atoms with E-state index in [-0.39, 0.29) is 10.6 Å². The van der Waals surface area contributed by atoms with Gasteiger partial charge in [0, 0.05) is 5.56 Å². The fraction of sp³-hybridized carbons (Fsp3) is 0.118. The standard InChI is InChI=1S/C17H12ClFN2O3S/c1-2-24-16(23)10-4-6-13-14(8-10)25-17(20-13)21-15(22)9-3-5-12(19)11(18)7-9/h3-8H,2H2,1H3,(H,20,21,22). The predicted octanol–water partition coefficient (Wildman–Crippen LogP) is 4.52. The van der Waals surface area contributed by atoms with Crippen LogP contribution in [-0.2, 0) is 4.74 Å².